The van der Waals surface area contributed by atoms with Gasteiger partial charge in [0.15, 0.2) is 0 Å². The number of Topliss-reactive ketones (excluding diaryl/α,β-unsaturated/α-hetero) is 1. The molecule has 17 heavy (non-hydrogen) atoms. The van der Waals surface area contributed by atoms with Crippen LogP contribution in [0.25, 0.3) is 0 Å². The number of aromatic nitrogens is 1. The zero-order valence-electron chi connectivity index (χ0n) is 9.59. The second kappa shape index (κ2) is 5.08. The number of carbonyl (C=O) groups excluding carboxylic acids is 2. The zero-order valence-corrected chi connectivity index (χ0v) is 9.59. The highest BCUT2D eigenvalue weighted by atomic mass is 16.5. The van der Waals surface area contributed by atoms with Crippen LogP contribution in [0.3, 0.4) is 0 Å². The van der Waals surface area contributed by atoms with Crippen LogP contribution in [0.5, 0.6) is 5.75 Å². The molecule has 0 N–H and O–H groups in total. The highest BCUT2D eigenvalue weighted by Crippen LogP contribution is 2.33. The van der Waals surface area contributed by atoms with Gasteiger partial charge in [0.2, 0.25) is 0 Å². The van der Waals surface area contributed by atoms with Crippen molar-refractivity contribution >= 4 is 12.1 Å². The maximum Gasteiger partial charge on any atom is 0.137 e. The average Bonchev–Trinajstić information content (AvgIpc) is 2.40. The molecule has 0 amide bonds. The molecule has 4 heteroatoms. The van der Waals surface area contributed by atoms with Gasteiger partial charge in [-0.1, -0.05) is 0 Å². The fourth-order valence-electron chi connectivity index (χ4n) is 1.98. The Labute approximate surface area is 100 Å². The van der Waals surface area contributed by atoms with Gasteiger partial charge < -0.3 is 9.53 Å². The van der Waals surface area contributed by atoms with E-state index in [-0.39, 0.29) is 5.78 Å². The van der Waals surface area contributed by atoms with E-state index in [9.17, 15) is 9.59 Å². The van der Waals surface area contributed by atoms with E-state index in [2.05, 4.69) is 4.98 Å². The molecule has 0 radical (unpaired) electrons. The third-order valence-electron chi connectivity index (χ3n) is 3.21. The Morgan fingerprint density at radius 1 is 1.41 bits per heavy atom. The number of rotatable bonds is 4. The van der Waals surface area contributed by atoms with Gasteiger partial charge in [0.25, 0.3) is 0 Å². The fourth-order valence-corrected chi connectivity index (χ4v) is 1.98. The summed E-state index contributed by atoms with van der Waals surface area (Å²) < 4.78 is 5.57. The molecule has 1 heterocycles. The van der Waals surface area contributed by atoms with Crippen molar-refractivity contribution in [1.82, 2.24) is 4.98 Å². The SMILES string of the molecule is O=CC1(COc2cccnc2)CCC(=O)CC1. The summed E-state index contributed by atoms with van der Waals surface area (Å²) in [6.07, 6.45) is 6.37. The van der Waals surface area contributed by atoms with Crippen LogP contribution in [0.15, 0.2) is 24.5 Å². The molecule has 1 aliphatic rings. The second-order valence-corrected chi connectivity index (χ2v) is 4.50. The standard InChI is InChI=1S/C13H15NO3/c15-9-13(5-3-11(16)4-6-13)10-17-12-2-1-7-14-8-12/h1-2,7-9H,3-6,10H2. The summed E-state index contributed by atoms with van der Waals surface area (Å²) >= 11 is 0. The number of carbonyl (C=O) groups is 2. The summed E-state index contributed by atoms with van der Waals surface area (Å²) in [4.78, 5) is 26.3. The van der Waals surface area contributed by atoms with Crippen LogP contribution < -0.4 is 4.74 Å². The van der Waals surface area contributed by atoms with E-state index in [1.165, 1.54) is 0 Å². The van der Waals surface area contributed by atoms with Crippen LogP contribution >= 0.6 is 0 Å². The molecule has 0 aliphatic heterocycles. The molecule has 4 nitrogen and oxygen atoms in total. The van der Waals surface area contributed by atoms with Crippen LogP contribution in [0.2, 0.25) is 0 Å². The number of nitrogens with zero attached hydrogens (tertiary/aromatic N) is 1. The molecule has 1 saturated carbocycles. The molecule has 1 fully saturated rings. The van der Waals surface area contributed by atoms with Gasteiger partial charge in [-0.2, -0.15) is 0 Å². The highest BCUT2D eigenvalue weighted by Gasteiger charge is 2.35. The molecule has 1 aliphatic carbocycles. The minimum Gasteiger partial charge on any atom is -0.491 e. The summed E-state index contributed by atoms with van der Waals surface area (Å²) in [5.41, 5.74) is -0.496. The Balaban J connectivity index is 1.96. The summed E-state index contributed by atoms with van der Waals surface area (Å²) in [7, 11) is 0. The number of pyridine rings is 1. The molecule has 0 atom stereocenters. The predicted molar refractivity (Wildman–Crippen MR) is 61.7 cm³/mol. The van der Waals surface area contributed by atoms with Crippen LogP contribution in [-0.2, 0) is 9.59 Å². The Hall–Kier alpha value is -1.71. The van der Waals surface area contributed by atoms with Gasteiger partial charge in [0.1, 0.15) is 24.4 Å². The van der Waals surface area contributed by atoms with Gasteiger partial charge >= 0.3 is 0 Å². The van der Waals surface area contributed by atoms with Crippen molar-refractivity contribution in [2.75, 3.05) is 6.61 Å². The van der Waals surface area contributed by atoms with Gasteiger partial charge in [-0.25, -0.2) is 0 Å². The van der Waals surface area contributed by atoms with Gasteiger partial charge in [0.05, 0.1) is 11.6 Å². The molecule has 0 saturated heterocycles. The maximum atomic E-state index is 11.2. The van der Waals surface area contributed by atoms with E-state index in [4.69, 9.17) is 4.74 Å². The molecule has 0 bridgehead atoms. The maximum absolute atomic E-state index is 11.2. The fraction of sp³-hybridized carbons (Fsp3) is 0.462. The number of aldehydes is 1. The lowest BCUT2D eigenvalue weighted by molar-refractivity contribution is -0.127. The molecular weight excluding hydrogens is 218 g/mol. The number of ketones is 1. The summed E-state index contributed by atoms with van der Waals surface area (Å²) in [5, 5.41) is 0. The minimum atomic E-state index is -0.496. The number of hydrogen-bond acceptors (Lipinski definition) is 4. The summed E-state index contributed by atoms with van der Waals surface area (Å²) in [6.45, 7) is 0.329. The molecule has 90 valence electrons. The lowest BCUT2D eigenvalue weighted by Crippen LogP contribution is -2.35. The number of ether oxygens (including phenoxy) is 1. The molecule has 1 aromatic heterocycles. The first kappa shape index (κ1) is 11.8. The zero-order chi connectivity index (χ0) is 12.1. The van der Waals surface area contributed by atoms with Gasteiger partial charge in [0, 0.05) is 19.0 Å². The Morgan fingerprint density at radius 3 is 2.76 bits per heavy atom. The van der Waals surface area contributed by atoms with E-state index in [1.54, 1.807) is 24.5 Å². The lowest BCUT2D eigenvalue weighted by Gasteiger charge is -2.30. The van der Waals surface area contributed by atoms with Crippen molar-refractivity contribution in [1.29, 1.82) is 0 Å². The second-order valence-electron chi connectivity index (χ2n) is 4.50. The van der Waals surface area contributed by atoms with Gasteiger partial charge in [-0.05, 0) is 25.0 Å². The van der Waals surface area contributed by atoms with E-state index >= 15 is 0 Å². The van der Waals surface area contributed by atoms with Crippen molar-refractivity contribution in [3.05, 3.63) is 24.5 Å². The Bertz CT molecular complexity index is 392. The predicted octanol–water partition coefficient (Wildman–Crippen LogP) is 1.79. The topological polar surface area (TPSA) is 56.3 Å². The van der Waals surface area contributed by atoms with Crippen LogP contribution in [0.4, 0.5) is 0 Å². The normalized spacial score (nSPS) is 18.7. The summed E-state index contributed by atoms with van der Waals surface area (Å²) in [6, 6.07) is 3.59. The Kier molecular flexibility index (Phi) is 3.52. The van der Waals surface area contributed by atoms with Crippen LogP contribution in [0.1, 0.15) is 25.7 Å². The molecule has 0 spiro atoms. The van der Waals surface area contributed by atoms with Crippen molar-refractivity contribution in [3.63, 3.8) is 0 Å². The van der Waals surface area contributed by atoms with E-state index in [0.717, 1.165) is 6.29 Å². The quantitative estimate of drug-likeness (QED) is 0.744. The average molecular weight is 233 g/mol. The number of hydrogen-bond donors (Lipinski definition) is 0. The Morgan fingerprint density at radius 2 is 2.18 bits per heavy atom. The highest BCUT2D eigenvalue weighted by molar-refractivity contribution is 5.81. The van der Waals surface area contributed by atoms with Crippen molar-refractivity contribution < 1.29 is 14.3 Å². The lowest BCUT2D eigenvalue weighted by atomic mass is 9.75. The van der Waals surface area contributed by atoms with E-state index in [0.29, 0.717) is 38.0 Å². The first-order chi connectivity index (χ1) is 8.24. The summed E-state index contributed by atoms with van der Waals surface area (Å²) in [5.74, 6) is 0.898. The third-order valence-corrected chi connectivity index (χ3v) is 3.21. The van der Waals surface area contributed by atoms with E-state index < -0.39 is 5.41 Å². The van der Waals surface area contributed by atoms with Crippen molar-refractivity contribution in [3.8, 4) is 5.75 Å². The molecular formula is C13H15NO3. The molecule has 2 rings (SSSR count). The molecule has 0 aromatic carbocycles. The van der Waals surface area contributed by atoms with Gasteiger partial charge in [-0.15, -0.1) is 0 Å². The van der Waals surface area contributed by atoms with Crippen molar-refractivity contribution in [2.24, 2.45) is 5.41 Å². The smallest absolute Gasteiger partial charge is 0.137 e. The monoisotopic (exact) mass is 233 g/mol. The van der Waals surface area contributed by atoms with Crippen LogP contribution in [0, 0.1) is 5.41 Å². The van der Waals surface area contributed by atoms with Crippen molar-refractivity contribution in [2.45, 2.75) is 25.7 Å². The largest absolute Gasteiger partial charge is 0.491 e. The minimum absolute atomic E-state index is 0.240. The first-order valence-electron chi connectivity index (χ1n) is 5.75. The first-order valence-corrected chi connectivity index (χ1v) is 5.75. The molecule has 0 unspecified atom stereocenters. The van der Waals surface area contributed by atoms with E-state index in [1.807, 2.05) is 0 Å². The van der Waals surface area contributed by atoms with Gasteiger partial charge in [-0.3, -0.25) is 9.78 Å². The third kappa shape index (κ3) is 2.90. The molecule has 1 aromatic rings. The van der Waals surface area contributed by atoms with Crippen LogP contribution in [-0.4, -0.2) is 23.7 Å².